The highest BCUT2D eigenvalue weighted by molar-refractivity contribution is 5.54. The second-order valence-electron chi connectivity index (χ2n) is 4.87. The molecular formula is C13H22N4. The minimum Gasteiger partial charge on any atom is -0.398 e. The van der Waals surface area contributed by atoms with E-state index < -0.39 is 0 Å². The van der Waals surface area contributed by atoms with E-state index in [-0.39, 0.29) is 0 Å². The Hall–Kier alpha value is -1.29. The van der Waals surface area contributed by atoms with E-state index in [9.17, 15) is 0 Å². The Morgan fingerprint density at radius 2 is 2.12 bits per heavy atom. The molecule has 0 atom stereocenters. The third-order valence-electron chi connectivity index (χ3n) is 3.47. The Morgan fingerprint density at radius 3 is 2.76 bits per heavy atom. The monoisotopic (exact) mass is 234 g/mol. The van der Waals surface area contributed by atoms with E-state index in [2.05, 4.69) is 21.8 Å². The van der Waals surface area contributed by atoms with Crippen molar-refractivity contribution in [2.75, 3.05) is 43.9 Å². The number of nitrogens with two attached hydrogens (primary N) is 1. The first-order valence-corrected chi connectivity index (χ1v) is 6.32. The molecule has 4 heteroatoms. The summed E-state index contributed by atoms with van der Waals surface area (Å²) in [6.45, 7) is 6.60. The Kier molecular flexibility index (Phi) is 3.84. The Bertz CT molecular complexity index is 372. The largest absolute Gasteiger partial charge is 0.398 e. The van der Waals surface area contributed by atoms with Crippen molar-refractivity contribution in [1.82, 2.24) is 9.88 Å². The van der Waals surface area contributed by atoms with Crippen molar-refractivity contribution in [2.45, 2.75) is 19.8 Å². The molecule has 1 fully saturated rings. The fraction of sp³-hybridized carbons (Fsp3) is 0.615. The van der Waals surface area contributed by atoms with Gasteiger partial charge in [-0.3, -0.25) is 0 Å². The molecule has 2 N–H and O–H groups in total. The fourth-order valence-electron chi connectivity index (χ4n) is 2.15. The van der Waals surface area contributed by atoms with Gasteiger partial charge in [-0.2, -0.15) is 0 Å². The van der Waals surface area contributed by atoms with Gasteiger partial charge in [0.1, 0.15) is 5.82 Å². The van der Waals surface area contributed by atoms with Gasteiger partial charge in [0.2, 0.25) is 0 Å². The van der Waals surface area contributed by atoms with Crippen LogP contribution in [0.25, 0.3) is 0 Å². The highest BCUT2D eigenvalue weighted by Gasteiger charge is 2.12. The number of aryl methyl sites for hydroxylation is 1. The molecule has 17 heavy (non-hydrogen) atoms. The molecule has 94 valence electrons. The van der Waals surface area contributed by atoms with E-state index in [4.69, 9.17) is 5.73 Å². The molecule has 0 spiro atoms. The summed E-state index contributed by atoms with van der Waals surface area (Å²) in [5.41, 5.74) is 7.77. The van der Waals surface area contributed by atoms with Gasteiger partial charge in [-0.05, 0) is 38.4 Å². The lowest BCUT2D eigenvalue weighted by atomic mass is 10.2. The van der Waals surface area contributed by atoms with E-state index in [1.807, 2.05) is 19.2 Å². The van der Waals surface area contributed by atoms with E-state index in [1.165, 1.54) is 25.9 Å². The van der Waals surface area contributed by atoms with Gasteiger partial charge >= 0.3 is 0 Å². The quantitative estimate of drug-likeness (QED) is 0.857. The first-order chi connectivity index (χ1) is 8.16. The van der Waals surface area contributed by atoms with E-state index in [1.54, 1.807) is 0 Å². The first-order valence-electron chi connectivity index (χ1n) is 6.32. The molecule has 0 aliphatic carbocycles. The summed E-state index contributed by atoms with van der Waals surface area (Å²) in [6.07, 6.45) is 4.54. The van der Waals surface area contributed by atoms with Gasteiger partial charge in [0.15, 0.2) is 0 Å². The average molecular weight is 234 g/mol. The van der Waals surface area contributed by atoms with Crippen LogP contribution in [0.4, 0.5) is 11.5 Å². The molecule has 0 bridgehead atoms. The van der Waals surface area contributed by atoms with Crippen molar-refractivity contribution in [2.24, 2.45) is 0 Å². The highest BCUT2D eigenvalue weighted by atomic mass is 15.2. The minimum absolute atomic E-state index is 0.822. The van der Waals surface area contributed by atoms with E-state index in [0.29, 0.717) is 0 Å². The molecular weight excluding hydrogens is 212 g/mol. The molecule has 1 aliphatic rings. The Balaban J connectivity index is 1.89. The zero-order valence-corrected chi connectivity index (χ0v) is 10.8. The molecule has 0 unspecified atom stereocenters. The first kappa shape index (κ1) is 12.2. The zero-order chi connectivity index (χ0) is 12.3. The molecule has 0 aromatic carbocycles. The fourth-order valence-corrected chi connectivity index (χ4v) is 2.15. The summed E-state index contributed by atoms with van der Waals surface area (Å²) in [5.74, 6) is 0.965. The lowest BCUT2D eigenvalue weighted by Crippen LogP contribution is -2.31. The van der Waals surface area contributed by atoms with Crippen LogP contribution in [0, 0.1) is 6.92 Å². The van der Waals surface area contributed by atoms with Crippen LogP contribution in [-0.4, -0.2) is 43.1 Å². The zero-order valence-electron chi connectivity index (χ0n) is 10.8. The number of likely N-dealkylation sites (N-methyl/N-ethyl adjacent to an activating group) is 1. The lowest BCUT2D eigenvalue weighted by Gasteiger charge is -2.22. The van der Waals surface area contributed by atoms with Crippen molar-refractivity contribution in [1.29, 1.82) is 0 Å². The van der Waals surface area contributed by atoms with Crippen LogP contribution in [0.5, 0.6) is 0 Å². The van der Waals surface area contributed by atoms with Crippen molar-refractivity contribution in [3.63, 3.8) is 0 Å². The maximum absolute atomic E-state index is 5.90. The molecule has 0 amide bonds. The third kappa shape index (κ3) is 3.09. The van der Waals surface area contributed by atoms with Gasteiger partial charge in [0, 0.05) is 38.1 Å². The summed E-state index contributed by atoms with van der Waals surface area (Å²) in [5, 5.41) is 0. The molecule has 1 saturated heterocycles. The van der Waals surface area contributed by atoms with Gasteiger partial charge < -0.3 is 15.5 Å². The molecule has 2 rings (SSSR count). The predicted octanol–water partition coefficient (Wildman–Crippen LogP) is 1.50. The number of hydrogen-bond acceptors (Lipinski definition) is 4. The topological polar surface area (TPSA) is 45.4 Å². The smallest absolute Gasteiger partial charge is 0.130 e. The van der Waals surface area contributed by atoms with Gasteiger partial charge in [-0.1, -0.05) is 0 Å². The van der Waals surface area contributed by atoms with Crippen LogP contribution >= 0.6 is 0 Å². The van der Waals surface area contributed by atoms with Crippen molar-refractivity contribution >= 4 is 11.5 Å². The SMILES string of the molecule is Cc1cnc(N(C)CCN2CCCC2)cc1N. The number of nitrogens with zero attached hydrogens (tertiary/aromatic N) is 3. The third-order valence-corrected chi connectivity index (χ3v) is 3.47. The maximum Gasteiger partial charge on any atom is 0.130 e. The normalized spacial score (nSPS) is 16.4. The van der Waals surface area contributed by atoms with E-state index in [0.717, 1.165) is 30.2 Å². The number of nitrogen functional groups attached to an aromatic ring is 1. The van der Waals surface area contributed by atoms with Crippen molar-refractivity contribution in [3.8, 4) is 0 Å². The number of likely N-dealkylation sites (tertiary alicyclic amines) is 1. The van der Waals surface area contributed by atoms with Crippen LogP contribution in [0.2, 0.25) is 0 Å². The standard InChI is InChI=1S/C13H22N4/c1-11-10-15-13(9-12(11)14)16(2)7-8-17-5-3-4-6-17/h9-10H,3-8H2,1-2H3,(H2,14,15). The summed E-state index contributed by atoms with van der Waals surface area (Å²) < 4.78 is 0. The minimum atomic E-state index is 0.822. The van der Waals surface area contributed by atoms with Crippen LogP contribution < -0.4 is 10.6 Å². The molecule has 0 saturated carbocycles. The van der Waals surface area contributed by atoms with Crippen LogP contribution in [0.15, 0.2) is 12.3 Å². The highest BCUT2D eigenvalue weighted by Crippen LogP contribution is 2.16. The summed E-state index contributed by atoms with van der Waals surface area (Å²) >= 11 is 0. The number of anilines is 2. The van der Waals surface area contributed by atoms with Crippen LogP contribution in [-0.2, 0) is 0 Å². The van der Waals surface area contributed by atoms with Crippen LogP contribution in [0.1, 0.15) is 18.4 Å². The maximum atomic E-state index is 5.90. The van der Waals surface area contributed by atoms with Gasteiger partial charge in [-0.15, -0.1) is 0 Å². The molecule has 0 radical (unpaired) electrons. The van der Waals surface area contributed by atoms with E-state index >= 15 is 0 Å². The summed E-state index contributed by atoms with van der Waals surface area (Å²) in [6, 6.07) is 1.96. The number of aromatic nitrogens is 1. The van der Waals surface area contributed by atoms with Crippen molar-refractivity contribution < 1.29 is 0 Å². The molecule has 1 aromatic rings. The molecule has 4 nitrogen and oxygen atoms in total. The second-order valence-corrected chi connectivity index (χ2v) is 4.87. The number of rotatable bonds is 4. The summed E-state index contributed by atoms with van der Waals surface area (Å²) in [4.78, 5) is 9.09. The molecule has 1 aliphatic heterocycles. The second kappa shape index (κ2) is 5.36. The Morgan fingerprint density at radius 1 is 1.41 bits per heavy atom. The lowest BCUT2D eigenvalue weighted by molar-refractivity contribution is 0.346. The van der Waals surface area contributed by atoms with Crippen LogP contribution in [0.3, 0.4) is 0 Å². The van der Waals surface area contributed by atoms with Crippen molar-refractivity contribution in [3.05, 3.63) is 17.8 Å². The average Bonchev–Trinajstić information content (AvgIpc) is 2.82. The molecule has 1 aromatic heterocycles. The van der Waals surface area contributed by atoms with Gasteiger partial charge in [0.05, 0.1) is 0 Å². The predicted molar refractivity (Wildman–Crippen MR) is 72.3 cm³/mol. The number of hydrogen-bond donors (Lipinski definition) is 1. The summed E-state index contributed by atoms with van der Waals surface area (Å²) in [7, 11) is 2.08. The van der Waals surface area contributed by atoms with Gasteiger partial charge in [0.25, 0.3) is 0 Å². The Labute approximate surface area is 103 Å². The number of pyridine rings is 1. The van der Waals surface area contributed by atoms with Gasteiger partial charge in [-0.25, -0.2) is 4.98 Å². The molecule has 2 heterocycles.